The summed E-state index contributed by atoms with van der Waals surface area (Å²) in [5, 5.41) is 13.2. The Kier molecular flexibility index (Phi) is 5.95. The minimum Gasteiger partial charge on any atom is -0.351 e. The van der Waals surface area contributed by atoms with Crippen LogP contribution >= 0.6 is 22.7 Å². The Morgan fingerprint density at radius 3 is 2.92 bits per heavy atom. The van der Waals surface area contributed by atoms with Gasteiger partial charge in [0, 0.05) is 35.0 Å². The van der Waals surface area contributed by atoms with Gasteiger partial charge in [0.05, 0.1) is 0 Å². The van der Waals surface area contributed by atoms with E-state index in [-0.39, 0.29) is 18.2 Å². The molecule has 2 aromatic heterocycles. The summed E-state index contributed by atoms with van der Waals surface area (Å²) in [6.45, 7) is 2.38. The Balaban J connectivity index is 1.42. The summed E-state index contributed by atoms with van der Waals surface area (Å²) in [7, 11) is 0. The van der Waals surface area contributed by atoms with Crippen molar-refractivity contribution in [1.82, 2.24) is 15.6 Å². The van der Waals surface area contributed by atoms with Gasteiger partial charge in [0.2, 0.25) is 5.91 Å². The van der Waals surface area contributed by atoms with Crippen LogP contribution in [0.3, 0.4) is 0 Å². The molecule has 3 rings (SSSR count). The van der Waals surface area contributed by atoms with E-state index in [1.54, 1.807) is 22.8 Å². The first-order chi connectivity index (χ1) is 11.7. The number of carbonyl (C=O) groups excluding carboxylic acids is 2. The molecule has 3 N–H and O–H groups in total. The fraction of sp³-hybridized carbons (Fsp3) is 0.438. The molecule has 1 saturated heterocycles. The van der Waals surface area contributed by atoms with Crippen molar-refractivity contribution in [1.29, 1.82) is 0 Å². The van der Waals surface area contributed by atoms with Gasteiger partial charge in [-0.05, 0) is 43.3 Å². The molecular formula is C16H20N4O2S2. The highest BCUT2D eigenvalue weighted by atomic mass is 32.1. The fourth-order valence-electron chi connectivity index (χ4n) is 2.61. The maximum absolute atomic E-state index is 12.0. The number of piperidine rings is 1. The number of anilines is 1. The number of hydrogen-bond acceptors (Lipinski definition) is 6. The SMILES string of the molecule is O=C(CCNC(=O)c1ccsc1)Nc1ncc(C2CCNCC2)s1. The van der Waals surface area contributed by atoms with Crippen LogP contribution in [0.2, 0.25) is 0 Å². The van der Waals surface area contributed by atoms with Crippen molar-refractivity contribution in [2.75, 3.05) is 25.0 Å². The standard InChI is InChI=1S/C16H20N4O2S2/c21-14(3-7-18-15(22)12-4-8-23-10-12)20-16-19-9-13(24-16)11-1-5-17-6-2-11/h4,8-11,17H,1-3,5-7H2,(H,18,22)(H,19,20,21). The van der Waals surface area contributed by atoms with Gasteiger partial charge in [0.15, 0.2) is 5.13 Å². The van der Waals surface area contributed by atoms with Crippen LogP contribution < -0.4 is 16.0 Å². The highest BCUT2D eigenvalue weighted by molar-refractivity contribution is 7.15. The van der Waals surface area contributed by atoms with Crippen molar-refractivity contribution in [3.63, 3.8) is 0 Å². The first kappa shape index (κ1) is 17.1. The van der Waals surface area contributed by atoms with E-state index >= 15 is 0 Å². The zero-order chi connectivity index (χ0) is 16.8. The highest BCUT2D eigenvalue weighted by Crippen LogP contribution is 2.31. The van der Waals surface area contributed by atoms with Gasteiger partial charge in [-0.2, -0.15) is 11.3 Å². The summed E-state index contributed by atoms with van der Waals surface area (Å²) in [5.41, 5.74) is 0.631. The predicted octanol–water partition coefficient (Wildman–Crippen LogP) is 2.43. The number of rotatable bonds is 6. The average molecular weight is 364 g/mol. The second kappa shape index (κ2) is 8.36. The van der Waals surface area contributed by atoms with Crippen molar-refractivity contribution in [2.24, 2.45) is 0 Å². The smallest absolute Gasteiger partial charge is 0.252 e. The Bertz CT molecular complexity index is 678. The van der Waals surface area contributed by atoms with Crippen LogP contribution in [0.4, 0.5) is 5.13 Å². The van der Waals surface area contributed by atoms with Gasteiger partial charge >= 0.3 is 0 Å². The van der Waals surface area contributed by atoms with Crippen molar-refractivity contribution in [3.05, 3.63) is 33.5 Å². The number of nitrogens with one attached hydrogen (secondary N) is 3. The number of thiophene rings is 1. The molecule has 1 aliphatic rings. The lowest BCUT2D eigenvalue weighted by Gasteiger charge is -2.20. The second-order valence-electron chi connectivity index (χ2n) is 5.66. The van der Waals surface area contributed by atoms with E-state index in [0.717, 1.165) is 25.9 Å². The van der Waals surface area contributed by atoms with Crippen LogP contribution in [0.1, 0.15) is 40.4 Å². The Labute approximate surface area is 148 Å². The third kappa shape index (κ3) is 4.62. The largest absolute Gasteiger partial charge is 0.351 e. The molecule has 0 bridgehead atoms. The highest BCUT2D eigenvalue weighted by Gasteiger charge is 2.18. The summed E-state index contributed by atoms with van der Waals surface area (Å²) >= 11 is 3.02. The average Bonchev–Trinajstić information content (AvgIpc) is 3.27. The van der Waals surface area contributed by atoms with Crippen molar-refractivity contribution in [2.45, 2.75) is 25.2 Å². The van der Waals surface area contributed by atoms with Crippen LogP contribution in [0.25, 0.3) is 0 Å². The van der Waals surface area contributed by atoms with Crippen LogP contribution in [-0.2, 0) is 4.79 Å². The third-order valence-electron chi connectivity index (χ3n) is 3.93. The minimum absolute atomic E-state index is 0.133. The maximum atomic E-state index is 12.0. The Hall–Kier alpha value is -1.77. The topological polar surface area (TPSA) is 83.1 Å². The van der Waals surface area contributed by atoms with E-state index in [4.69, 9.17) is 0 Å². The van der Waals surface area contributed by atoms with Crippen LogP contribution in [0.15, 0.2) is 23.0 Å². The number of carbonyl (C=O) groups is 2. The van der Waals surface area contributed by atoms with E-state index in [1.165, 1.54) is 16.2 Å². The lowest BCUT2D eigenvalue weighted by atomic mass is 9.97. The second-order valence-corrected chi connectivity index (χ2v) is 7.50. The lowest BCUT2D eigenvalue weighted by Crippen LogP contribution is -2.27. The van der Waals surface area contributed by atoms with Crippen molar-refractivity contribution >= 4 is 39.6 Å². The monoisotopic (exact) mass is 364 g/mol. The Morgan fingerprint density at radius 1 is 1.33 bits per heavy atom. The van der Waals surface area contributed by atoms with Crippen LogP contribution in [0, 0.1) is 0 Å². The molecule has 1 aliphatic heterocycles. The predicted molar refractivity (Wildman–Crippen MR) is 96.9 cm³/mol. The zero-order valence-electron chi connectivity index (χ0n) is 13.2. The molecule has 0 aliphatic carbocycles. The van der Waals surface area contributed by atoms with E-state index in [9.17, 15) is 9.59 Å². The summed E-state index contributed by atoms with van der Waals surface area (Å²) in [4.78, 5) is 29.3. The van der Waals surface area contributed by atoms with Gasteiger partial charge < -0.3 is 16.0 Å². The van der Waals surface area contributed by atoms with Crippen molar-refractivity contribution < 1.29 is 9.59 Å². The van der Waals surface area contributed by atoms with Gasteiger partial charge in [0.1, 0.15) is 0 Å². The van der Waals surface area contributed by atoms with E-state index < -0.39 is 0 Å². The van der Waals surface area contributed by atoms with Crippen LogP contribution in [0.5, 0.6) is 0 Å². The van der Waals surface area contributed by atoms with E-state index in [2.05, 4.69) is 20.9 Å². The molecule has 2 aromatic rings. The number of amides is 2. The van der Waals surface area contributed by atoms with E-state index in [0.29, 0.717) is 23.2 Å². The molecule has 6 nitrogen and oxygen atoms in total. The number of thiazole rings is 1. The molecule has 0 spiro atoms. The zero-order valence-corrected chi connectivity index (χ0v) is 14.8. The maximum Gasteiger partial charge on any atom is 0.252 e. The normalized spacial score (nSPS) is 15.2. The molecule has 0 atom stereocenters. The molecule has 0 aromatic carbocycles. The van der Waals surface area contributed by atoms with Crippen molar-refractivity contribution in [3.8, 4) is 0 Å². The van der Waals surface area contributed by atoms with Gasteiger partial charge in [-0.25, -0.2) is 4.98 Å². The fourth-order valence-corrected chi connectivity index (χ4v) is 4.24. The summed E-state index contributed by atoms with van der Waals surface area (Å²) in [5.74, 6) is 0.262. The third-order valence-corrected chi connectivity index (χ3v) is 5.69. The molecule has 3 heterocycles. The molecule has 0 radical (unpaired) electrons. The first-order valence-corrected chi connectivity index (χ1v) is 9.75. The molecule has 1 fully saturated rings. The number of aromatic nitrogens is 1. The molecule has 24 heavy (non-hydrogen) atoms. The summed E-state index contributed by atoms with van der Waals surface area (Å²) in [6, 6.07) is 1.76. The van der Waals surface area contributed by atoms with Gasteiger partial charge in [0.25, 0.3) is 5.91 Å². The molecule has 128 valence electrons. The first-order valence-electron chi connectivity index (χ1n) is 7.99. The van der Waals surface area contributed by atoms with Gasteiger partial charge in [-0.3, -0.25) is 9.59 Å². The number of nitrogens with zero attached hydrogens (tertiary/aromatic N) is 1. The Morgan fingerprint density at radius 2 is 2.17 bits per heavy atom. The quantitative estimate of drug-likeness (QED) is 0.735. The van der Waals surface area contributed by atoms with E-state index in [1.807, 2.05) is 11.6 Å². The summed E-state index contributed by atoms with van der Waals surface area (Å²) in [6.07, 6.45) is 4.33. The summed E-state index contributed by atoms with van der Waals surface area (Å²) < 4.78 is 0. The molecule has 0 saturated carbocycles. The molecule has 8 heteroatoms. The molecular weight excluding hydrogens is 344 g/mol. The lowest BCUT2D eigenvalue weighted by molar-refractivity contribution is -0.116. The van der Waals surface area contributed by atoms with Gasteiger partial charge in [-0.15, -0.1) is 11.3 Å². The minimum atomic E-state index is -0.147. The molecule has 0 unspecified atom stereocenters. The molecule has 2 amide bonds. The number of hydrogen-bond donors (Lipinski definition) is 3. The van der Waals surface area contributed by atoms with Crippen LogP contribution in [-0.4, -0.2) is 36.4 Å². The van der Waals surface area contributed by atoms with Gasteiger partial charge in [-0.1, -0.05) is 0 Å².